The first kappa shape index (κ1) is 15.1. The van der Waals surface area contributed by atoms with Crippen LogP contribution in [-0.2, 0) is 9.59 Å². The predicted molar refractivity (Wildman–Crippen MR) is 72.2 cm³/mol. The molecule has 1 saturated heterocycles. The Morgan fingerprint density at radius 2 is 1.74 bits per heavy atom. The lowest BCUT2D eigenvalue weighted by Crippen LogP contribution is -2.51. The van der Waals surface area contributed by atoms with Gasteiger partial charge in [-0.25, -0.2) is 4.79 Å². The maximum atomic E-state index is 11.4. The summed E-state index contributed by atoms with van der Waals surface area (Å²) < 4.78 is 0. The van der Waals surface area contributed by atoms with Crippen LogP contribution in [0.3, 0.4) is 0 Å². The molecule has 0 radical (unpaired) electrons. The SMILES string of the molecule is CC(C)=CC[C@H](C)CCC=C1C(=O)NC(=O)NC1=O. The first-order valence-corrected chi connectivity index (χ1v) is 6.40. The Bertz CT molecular complexity index is 424. The molecule has 0 spiro atoms. The van der Waals surface area contributed by atoms with Crippen molar-refractivity contribution in [2.75, 3.05) is 0 Å². The quantitative estimate of drug-likeness (QED) is 0.453. The zero-order valence-electron chi connectivity index (χ0n) is 11.6. The molecule has 4 amide bonds. The number of barbiturate groups is 1. The van der Waals surface area contributed by atoms with Crippen molar-refractivity contribution in [2.24, 2.45) is 5.92 Å². The van der Waals surface area contributed by atoms with Crippen LogP contribution < -0.4 is 10.6 Å². The van der Waals surface area contributed by atoms with Crippen LogP contribution >= 0.6 is 0 Å². The van der Waals surface area contributed by atoms with E-state index < -0.39 is 17.8 Å². The Kier molecular flexibility index (Phi) is 5.48. The van der Waals surface area contributed by atoms with E-state index in [0.29, 0.717) is 12.3 Å². The molecule has 1 aliphatic rings. The third-order valence-corrected chi connectivity index (χ3v) is 2.88. The van der Waals surface area contributed by atoms with Crippen LogP contribution in [-0.4, -0.2) is 17.8 Å². The first-order chi connectivity index (χ1) is 8.90. The van der Waals surface area contributed by atoms with Crippen LogP contribution in [0.2, 0.25) is 0 Å². The summed E-state index contributed by atoms with van der Waals surface area (Å²) in [5, 5.41) is 4.10. The van der Waals surface area contributed by atoms with Crippen LogP contribution in [0.5, 0.6) is 0 Å². The highest BCUT2D eigenvalue weighted by Crippen LogP contribution is 2.14. The smallest absolute Gasteiger partial charge is 0.273 e. The molecule has 0 aromatic heterocycles. The van der Waals surface area contributed by atoms with Crippen molar-refractivity contribution < 1.29 is 14.4 Å². The summed E-state index contributed by atoms with van der Waals surface area (Å²) in [4.78, 5) is 33.7. The van der Waals surface area contributed by atoms with E-state index in [1.807, 2.05) is 0 Å². The van der Waals surface area contributed by atoms with E-state index in [0.717, 1.165) is 12.8 Å². The molecule has 1 rings (SSSR count). The van der Waals surface area contributed by atoms with Crippen molar-refractivity contribution in [2.45, 2.75) is 40.0 Å². The molecule has 0 saturated carbocycles. The number of urea groups is 1. The number of carbonyl (C=O) groups excluding carboxylic acids is 3. The molecule has 1 aliphatic heterocycles. The molecule has 1 heterocycles. The maximum absolute atomic E-state index is 11.4. The number of imide groups is 2. The molecule has 5 nitrogen and oxygen atoms in total. The van der Waals surface area contributed by atoms with Crippen molar-refractivity contribution >= 4 is 17.8 Å². The highest BCUT2D eigenvalue weighted by Gasteiger charge is 2.27. The van der Waals surface area contributed by atoms with Gasteiger partial charge in [-0.3, -0.25) is 20.2 Å². The van der Waals surface area contributed by atoms with E-state index in [1.165, 1.54) is 5.57 Å². The van der Waals surface area contributed by atoms with Crippen molar-refractivity contribution in [1.82, 2.24) is 10.6 Å². The van der Waals surface area contributed by atoms with E-state index >= 15 is 0 Å². The van der Waals surface area contributed by atoms with Crippen LogP contribution in [0.15, 0.2) is 23.3 Å². The standard InChI is InChI=1S/C14H20N2O3/c1-9(2)7-8-10(3)5-4-6-11-12(17)15-14(19)16-13(11)18/h6-7,10H,4-5,8H2,1-3H3,(H2,15,16,17,18,19)/t10-/m1/s1. The summed E-state index contributed by atoms with van der Waals surface area (Å²) in [6, 6.07) is -0.760. The second-order valence-corrected chi connectivity index (χ2v) is 5.05. The number of nitrogens with one attached hydrogen (secondary N) is 2. The first-order valence-electron chi connectivity index (χ1n) is 6.40. The highest BCUT2D eigenvalue weighted by atomic mass is 16.2. The molecule has 19 heavy (non-hydrogen) atoms. The number of hydrogen-bond acceptors (Lipinski definition) is 3. The molecule has 0 bridgehead atoms. The average Bonchev–Trinajstić information content (AvgIpc) is 2.29. The van der Waals surface area contributed by atoms with E-state index in [4.69, 9.17) is 0 Å². The number of carbonyl (C=O) groups is 3. The fraction of sp³-hybridized carbons (Fsp3) is 0.500. The Morgan fingerprint density at radius 1 is 1.16 bits per heavy atom. The van der Waals surface area contributed by atoms with Gasteiger partial charge in [-0.1, -0.05) is 24.6 Å². The second-order valence-electron chi connectivity index (χ2n) is 5.05. The maximum Gasteiger partial charge on any atom is 0.328 e. The van der Waals surface area contributed by atoms with Crippen LogP contribution in [0.25, 0.3) is 0 Å². The molecular formula is C14H20N2O3. The third kappa shape index (κ3) is 5.07. The van der Waals surface area contributed by atoms with E-state index in [9.17, 15) is 14.4 Å². The van der Waals surface area contributed by atoms with Gasteiger partial charge in [-0.15, -0.1) is 0 Å². The molecule has 0 aromatic carbocycles. The van der Waals surface area contributed by atoms with Gasteiger partial charge < -0.3 is 0 Å². The normalized spacial score (nSPS) is 16.6. The average molecular weight is 264 g/mol. The molecular weight excluding hydrogens is 244 g/mol. The molecule has 1 fully saturated rings. The molecule has 0 aliphatic carbocycles. The van der Waals surface area contributed by atoms with Gasteiger partial charge in [0.25, 0.3) is 11.8 Å². The van der Waals surface area contributed by atoms with Crippen molar-refractivity contribution in [3.63, 3.8) is 0 Å². The number of amides is 4. The van der Waals surface area contributed by atoms with E-state index in [-0.39, 0.29) is 5.57 Å². The number of hydrogen-bond donors (Lipinski definition) is 2. The number of allylic oxidation sites excluding steroid dienone is 3. The minimum absolute atomic E-state index is 0.0222. The Morgan fingerprint density at radius 3 is 2.26 bits per heavy atom. The lowest BCUT2D eigenvalue weighted by molar-refractivity contribution is -0.124. The van der Waals surface area contributed by atoms with Gasteiger partial charge in [0.1, 0.15) is 5.57 Å². The van der Waals surface area contributed by atoms with Crippen molar-refractivity contribution in [3.8, 4) is 0 Å². The zero-order valence-corrected chi connectivity index (χ0v) is 11.6. The van der Waals surface area contributed by atoms with Gasteiger partial charge in [-0.2, -0.15) is 0 Å². The summed E-state index contributed by atoms with van der Waals surface area (Å²) in [6.07, 6.45) is 6.29. The lowest BCUT2D eigenvalue weighted by atomic mass is 9.99. The van der Waals surface area contributed by atoms with Gasteiger partial charge in [0.05, 0.1) is 0 Å². The minimum Gasteiger partial charge on any atom is -0.273 e. The summed E-state index contributed by atoms with van der Waals surface area (Å²) in [7, 11) is 0. The van der Waals surface area contributed by atoms with Gasteiger partial charge in [0.2, 0.25) is 0 Å². The fourth-order valence-corrected chi connectivity index (χ4v) is 1.73. The topological polar surface area (TPSA) is 75.3 Å². The van der Waals surface area contributed by atoms with Gasteiger partial charge in [-0.05, 0) is 39.0 Å². The fourth-order valence-electron chi connectivity index (χ4n) is 1.73. The molecule has 0 unspecified atom stereocenters. The molecule has 0 aromatic rings. The molecule has 5 heteroatoms. The van der Waals surface area contributed by atoms with Crippen LogP contribution in [0.4, 0.5) is 4.79 Å². The monoisotopic (exact) mass is 264 g/mol. The molecule has 1 atom stereocenters. The summed E-state index contributed by atoms with van der Waals surface area (Å²) in [5.41, 5.74) is 1.31. The summed E-state index contributed by atoms with van der Waals surface area (Å²) in [6.45, 7) is 6.24. The van der Waals surface area contributed by atoms with Crippen LogP contribution in [0.1, 0.15) is 40.0 Å². The third-order valence-electron chi connectivity index (χ3n) is 2.88. The van der Waals surface area contributed by atoms with Crippen molar-refractivity contribution in [3.05, 3.63) is 23.3 Å². The van der Waals surface area contributed by atoms with Crippen molar-refractivity contribution in [1.29, 1.82) is 0 Å². The largest absolute Gasteiger partial charge is 0.328 e. The zero-order chi connectivity index (χ0) is 14.4. The van der Waals surface area contributed by atoms with Gasteiger partial charge in [0, 0.05) is 0 Å². The Labute approximate surface area is 113 Å². The predicted octanol–water partition coefficient (Wildman–Crippen LogP) is 2.05. The van der Waals surface area contributed by atoms with Crippen LogP contribution in [0, 0.1) is 5.92 Å². The number of rotatable bonds is 5. The second kappa shape index (κ2) is 6.87. The molecule has 2 N–H and O–H groups in total. The van der Waals surface area contributed by atoms with E-state index in [2.05, 4.69) is 37.5 Å². The Hall–Kier alpha value is -1.91. The highest BCUT2D eigenvalue weighted by molar-refractivity contribution is 6.28. The molecule has 104 valence electrons. The Balaban J connectivity index is 2.48. The summed E-state index contributed by atoms with van der Waals surface area (Å²) >= 11 is 0. The minimum atomic E-state index is -0.760. The van der Waals surface area contributed by atoms with Gasteiger partial charge in [0.15, 0.2) is 0 Å². The van der Waals surface area contributed by atoms with E-state index in [1.54, 1.807) is 6.08 Å². The van der Waals surface area contributed by atoms with Gasteiger partial charge >= 0.3 is 6.03 Å². The lowest BCUT2D eigenvalue weighted by Gasteiger charge is -2.14. The summed E-state index contributed by atoms with van der Waals surface area (Å²) in [5.74, 6) is -0.750.